The summed E-state index contributed by atoms with van der Waals surface area (Å²) >= 11 is 0. The van der Waals surface area contributed by atoms with Gasteiger partial charge < -0.3 is 10.1 Å². The standard InChI is InChI=1S/C18H22FN3O4/c1-11-7-9-18(10-8-11)16(24)22(17(25)20-18)21-15(23)12(2)26-14-5-3-13(19)4-6-14/h3-6,11-12H,7-10H2,1-2H3,(H,20,25)(H,21,23)/t11?,12-,18?/m1/s1. The number of carbonyl (C=O) groups is 3. The van der Waals surface area contributed by atoms with Crippen LogP contribution in [0, 0.1) is 11.7 Å². The molecule has 1 spiro atoms. The summed E-state index contributed by atoms with van der Waals surface area (Å²) < 4.78 is 18.3. The number of nitrogens with zero attached hydrogens (tertiary/aromatic N) is 1. The minimum Gasteiger partial charge on any atom is -0.481 e. The first-order chi connectivity index (χ1) is 12.3. The fourth-order valence-electron chi connectivity index (χ4n) is 3.29. The van der Waals surface area contributed by atoms with Crippen molar-refractivity contribution in [1.82, 2.24) is 15.8 Å². The Kier molecular flexibility index (Phi) is 4.84. The van der Waals surface area contributed by atoms with E-state index in [0.717, 1.165) is 17.9 Å². The molecule has 2 N–H and O–H groups in total. The summed E-state index contributed by atoms with van der Waals surface area (Å²) in [6.07, 6.45) is 1.85. The first-order valence-electron chi connectivity index (χ1n) is 8.70. The van der Waals surface area contributed by atoms with Gasteiger partial charge in [-0.3, -0.25) is 15.0 Å². The van der Waals surface area contributed by atoms with Crippen molar-refractivity contribution in [1.29, 1.82) is 0 Å². The molecule has 0 radical (unpaired) electrons. The summed E-state index contributed by atoms with van der Waals surface area (Å²) in [7, 11) is 0. The zero-order valence-electron chi connectivity index (χ0n) is 14.8. The zero-order valence-corrected chi connectivity index (χ0v) is 14.8. The van der Waals surface area contributed by atoms with Crippen LogP contribution in [0.5, 0.6) is 5.75 Å². The molecule has 1 saturated heterocycles. The summed E-state index contributed by atoms with van der Waals surface area (Å²) in [6, 6.07) is 4.58. The van der Waals surface area contributed by atoms with Crippen molar-refractivity contribution in [2.24, 2.45) is 5.92 Å². The van der Waals surface area contributed by atoms with E-state index in [9.17, 15) is 18.8 Å². The maximum Gasteiger partial charge on any atom is 0.344 e. The van der Waals surface area contributed by atoms with E-state index in [1.54, 1.807) is 0 Å². The van der Waals surface area contributed by atoms with Crippen LogP contribution >= 0.6 is 0 Å². The number of hydrogen-bond acceptors (Lipinski definition) is 4. The maximum atomic E-state index is 12.9. The first-order valence-corrected chi connectivity index (χ1v) is 8.70. The Morgan fingerprint density at radius 1 is 1.31 bits per heavy atom. The number of imide groups is 1. The minimum absolute atomic E-state index is 0.309. The van der Waals surface area contributed by atoms with E-state index in [-0.39, 0.29) is 0 Å². The number of hydrazine groups is 1. The lowest BCUT2D eigenvalue weighted by Gasteiger charge is -2.33. The molecule has 26 heavy (non-hydrogen) atoms. The van der Waals surface area contributed by atoms with Crippen LogP contribution in [-0.2, 0) is 9.59 Å². The van der Waals surface area contributed by atoms with E-state index in [0.29, 0.717) is 24.5 Å². The Morgan fingerprint density at radius 3 is 2.54 bits per heavy atom. The van der Waals surface area contributed by atoms with Crippen molar-refractivity contribution in [3.05, 3.63) is 30.1 Å². The van der Waals surface area contributed by atoms with E-state index in [2.05, 4.69) is 17.7 Å². The van der Waals surface area contributed by atoms with Gasteiger partial charge in [0.1, 0.15) is 17.1 Å². The first kappa shape index (κ1) is 18.2. The average Bonchev–Trinajstić information content (AvgIpc) is 2.84. The third-order valence-corrected chi connectivity index (χ3v) is 5.01. The average molecular weight is 363 g/mol. The molecule has 3 rings (SSSR count). The summed E-state index contributed by atoms with van der Waals surface area (Å²) in [5, 5.41) is 3.47. The van der Waals surface area contributed by atoms with E-state index < -0.39 is 35.3 Å². The summed E-state index contributed by atoms with van der Waals surface area (Å²) in [6.45, 7) is 3.59. The Hall–Kier alpha value is -2.64. The highest BCUT2D eigenvalue weighted by Crippen LogP contribution is 2.35. The third kappa shape index (κ3) is 3.49. The smallest absolute Gasteiger partial charge is 0.344 e. The van der Waals surface area contributed by atoms with Crippen LogP contribution < -0.4 is 15.5 Å². The van der Waals surface area contributed by atoms with Gasteiger partial charge in [-0.25, -0.2) is 9.18 Å². The predicted octanol–water partition coefficient (Wildman–Crippen LogP) is 2.12. The van der Waals surface area contributed by atoms with Crippen LogP contribution in [0.2, 0.25) is 0 Å². The number of nitrogens with one attached hydrogen (secondary N) is 2. The second-order valence-corrected chi connectivity index (χ2v) is 7.03. The van der Waals surface area contributed by atoms with Gasteiger partial charge >= 0.3 is 6.03 Å². The fraction of sp³-hybridized carbons (Fsp3) is 0.500. The predicted molar refractivity (Wildman–Crippen MR) is 90.4 cm³/mol. The van der Waals surface area contributed by atoms with Gasteiger partial charge in [0.15, 0.2) is 6.10 Å². The molecule has 2 fully saturated rings. The van der Waals surface area contributed by atoms with Gasteiger partial charge in [0.2, 0.25) is 0 Å². The number of rotatable bonds is 4. The maximum absolute atomic E-state index is 12.9. The van der Waals surface area contributed by atoms with Crippen molar-refractivity contribution in [3.8, 4) is 5.75 Å². The molecule has 0 unspecified atom stereocenters. The number of benzene rings is 1. The molecule has 8 heteroatoms. The second kappa shape index (κ2) is 6.93. The highest BCUT2D eigenvalue weighted by molar-refractivity contribution is 6.08. The minimum atomic E-state index is -0.969. The largest absolute Gasteiger partial charge is 0.481 e. The Bertz CT molecular complexity index is 714. The molecule has 1 aromatic rings. The van der Waals surface area contributed by atoms with Crippen LogP contribution in [0.25, 0.3) is 0 Å². The van der Waals surface area contributed by atoms with Gasteiger partial charge in [-0.05, 0) is 62.8 Å². The fourth-order valence-corrected chi connectivity index (χ4v) is 3.29. The highest BCUT2D eigenvalue weighted by Gasteiger charge is 2.53. The Balaban J connectivity index is 1.62. The summed E-state index contributed by atoms with van der Waals surface area (Å²) in [5.41, 5.74) is 1.41. The van der Waals surface area contributed by atoms with Gasteiger partial charge in [-0.15, -0.1) is 0 Å². The van der Waals surface area contributed by atoms with E-state index in [4.69, 9.17) is 4.74 Å². The van der Waals surface area contributed by atoms with Crippen molar-refractivity contribution < 1.29 is 23.5 Å². The molecule has 2 aliphatic rings. The van der Waals surface area contributed by atoms with E-state index in [1.807, 2.05) is 0 Å². The molecular weight excluding hydrogens is 341 g/mol. The van der Waals surface area contributed by atoms with Crippen LogP contribution in [-0.4, -0.2) is 34.5 Å². The van der Waals surface area contributed by atoms with Crippen LogP contribution in [0.15, 0.2) is 24.3 Å². The zero-order chi connectivity index (χ0) is 18.9. The summed E-state index contributed by atoms with van der Waals surface area (Å²) in [4.78, 5) is 37.2. The lowest BCUT2D eigenvalue weighted by Crippen LogP contribution is -2.53. The van der Waals surface area contributed by atoms with E-state index >= 15 is 0 Å². The van der Waals surface area contributed by atoms with Crippen LogP contribution in [0.3, 0.4) is 0 Å². The molecule has 1 aliphatic carbocycles. The highest BCUT2D eigenvalue weighted by atomic mass is 19.1. The lowest BCUT2D eigenvalue weighted by atomic mass is 9.77. The molecule has 4 amide bonds. The molecule has 0 aromatic heterocycles. The molecule has 1 aromatic carbocycles. The van der Waals surface area contributed by atoms with Crippen molar-refractivity contribution in [3.63, 3.8) is 0 Å². The number of hydrogen-bond donors (Lipinski definition) is 2. The molecule has 7 nitrogen and oxygen atoms in total. The van der Waals surface area contributed by atoms with Crippen LogP contribution in [0.4, 0.5) is 9.18 Å². The number of halogens is 1. The number of urea groups is 1. The number of amides is 4. The van der Waals surface area contributed by atoms with E-state index in [1.165, 1.54) is 31.2 Å². The molecular formula is C18H22FN3O4. The number of carbonyl (C=O) groups excluding carboxylic acids is 3. The van der Waals surface area contributed by atoms with Gasteiger partial charge in [-0.2, -0.15) is 5.01 Å². The SMILES string of the molecule is CC1CCC2(CC1)NC(=O)N(NC(=O)[C@@H](C)Oc1ccc(F)cc1)C2=O. The second-order valence-electron chi connectivity index (χ2n) is 7.03. The van der Waals surface area contributed by atoms with Crippen LogP contribution in [0.1, 0.15) is 39.5 Å². The molecule has 140 valence electrons. The molecule has 1 saturated carbocycles. The Morgan fingerprint density at radius 2 is 1.92 bits per heavy atom. The summed E-state index contributed by atoms with van der Waals surface area (Å²) in [5.74, 6) is -0.668. The molecule has 1 atom stereocenters. The van der Waals surface area contributed by atoms with Gasteiger partial charge in [0, 0.05) is 0 Å². The van der Waals surface area contributed by atoms with Gasteiger partial charge in [0.05, 0.1) is 0 Å². The van der Waals surface area contributed by atoms with Crippen molar-refractivity contribution in [2.75, 3.05) is 0 Å². The number of ether oxygens (including phenoxy) is 1. The third-order valence-electron chi connectivity index (χ3n) is 5.01. The normalized spacial score (nSPS) is 26.6. The van der Waals surface area contributed by atoms with Crippen molar-refractivity contribution in [2.45, 2.75) is 51.2 Å². The topological polar surface area (TPSA) is 87.7 Å². The monoisotopic (exact) mass is 363 g/mol. The Labute approximate surface area is 150 Å². The van der Waals surface area contributed by atoms with Crippen molar-refractivity contribution >= 4 is 17.8 Å². The van der Waals surface area contributed by atoms with Gasteiger partial charge in [-0.1, -0.05) is 6.92 Å². The molecule has 1 heterocycles. The molecule has 0 bridgehead atoms. The quantitative estimate of drug-likeness (QED) is 0.802. The lowest BCUT2D eigenvalue weighted by molar-refractivity contribution is -0.142. The molecule has 1 aliphatic heterocycles. The van der Waals surface area contributed by atoms with Gasteiger partial charge in [0.25, 0.3) is 11.8 Å².